The number of nitrogens with zero attached hydrogens (tertiary/aromatic N) is 1. The molecule has 1 saturated heterocycles. The van der Waals surface area contributed by atoms with Gasteiger partial charge in [-0.25, -0.2) is 0 Å². The first-order chi connectivity index (χ1) is 14.3. The van der Waals surface area contributed by atoms with Gasteiger partial charge in [-0.1, -0.05) is 26.8 Å². The number of pyridine rings is 1. The highest BCUT2D eigenvalue weighted by atomic mass is 16.3. The van der Waals surface area contributed by atoms with Crippen LogP contribution in [0.4, 0.5) is 11.4 Å². The van der Waals surface area contributed by atoms with Gasteiger partial charge < -0.3 is 20.3 Å². The average Bonchev–Trinajstić information content (AvgIpc) is 2.71. The molecule has 3 N–H and O–H groups in total. The average molecular weight is 406 g/mol. The number of nitrogens with one attached hydrogen (secondary N) is 2. The van der Waals surface area contributed by atoms with Crippen LogP contribution < -0.4 is 15.8 Å². The third-order valence-electron chi connectivity index (χ3n) is 5.90. The molecule has 5 heteroatoms. The summed E-state index contributed by atoms with van der Waals surface area (Å²) in [6.45, 7) is 8.71. The van der Waals surface area contributed by atoms with Crippen molar-refractivity contribution in [2.24, 2.45) is 0 Å². The molecule has 3 aromatic rings. The summed E-state index contributed by atoms with van der Waals surface area (Å²) in [4.78, 5) is 17.7. The maximum absolute atomic E-state index is 12.5. The summed E-state index contributed by atoms with van der Waals surface area (Å²) >= 11 is 0. The highest BCUT2D eigenvalue weighted by molar-refractivity contribution is 5.80. The van der Waals surface area contributed by atoms with Crippen LogP contribution in [0.15, 0.2) is 53.3 Å². The predicted molar refractivity (Wildman–Crippen MR) is 124 cm³/mol. The van der Waals surface area contributed by atoms with E-state index in [1.54, 1.807) is 0 Å². The SMILES string of the molecule is CC(C)(C)c1ccc2[nH]c(=O)c(CNc3ccc(N4CCCC(O)C4)cc3)cc2c1. The number of aliphatic hydroxyl groups is 1. The van der Waals surface area contributed by atoms with Gasteiger partial charge in [0.25, 0.3) is 5.56 Å². The van der Waals surface area contributed by atoms with Gasteiger partial charge in [0.2, 0.25) is 0 Å². The van der Waals surface area contributed by atoms with E-state index in [9.17, 15) is 9.90 Å². The zero-order valence-corrected chi connectivity index (χ0v) is 18.0. The number of anilines is 2. The van der Waals surface area contributed by atoms with Crippen molar-refractivity contribution in [3.05, 3.63) is 70.0 Å². The summed E-state index contributed by atoms with van der Waals surface area (Å²) in [6, 6.07) is 16.4. The Kier molecular flexibility index (Phi) is 5.56. The molecule has 30 heavy (non-hydrogen) atoms. The molecule has 4 rings (SSSR count). The fourth-order valence-electron chi connectivity index (χ4n) is 4.03. The highest BCUT2D eigenvalue weighted by Crippen LogP contribution is 2.26. The number of fused-ring (bicyclic) bond motifs is 1. The van der Waals surface area contributed by atoms with Gasteiger partial charge in [-0.3, -0.25) is 4.79 Å². The molecule has 1 atom stereocenters. The zero-order chi connectivity index (χ0) is 21.3. The molecule has 0 spiro atoms. The van der Waals surface area contributed by atoms with Crippen LogP contribution in [0.3, 0.4) is 0 Å². The fraction of sp³-hybridized carbons (Fsp3) is 0.400. The quantitative estimate of drug-likeness (QED) is 0.602. The van der Waals surface area contributed by atoms with Gasteiger partial charge in [0, 0.05) is 42.1 Å². The van der Waals surface area contributed by atoms with Crippen LogP contribution >= 0.6 is 0 Å². The van der Waals surface area contributed by atoms with Crippen LogP contribution in [0, 0.1) is 0 Å². The molecule has 0 amide bonds. The third kappa shape index (κ3) is 4.51. The van der Waals surface area contributed by atoms with Crippen molar-refractivity contribution in [2.75, 3.05) is 23.3 Å². The minimum absolute atomic E-state index is 0.0579. The van der Waals surface area contributed by atoms with E-state index >= 15 is 0 Å². The number of H-pyrrole nitrogens is 1. The molecular formula is C25H31N3O2. The van der Waals surface area contributed by atoms with E-state index in [-0.39, 0.29) is 17.1 Å². The Bertz CT molecular complexity index is 1080. The van der Waals surface area contributed by atoms with Crippen molar-refractivity contribution in [3.8, 4) is 0 Å². The van der Waals surface area contributed by atoms with Gasteiger partial charge in [-0.2, -0.15) is 0 Å². The first-order valence-corrected chi connectivity index (χ1v) is 10.7. The normalized spacial score (nSPS) is 17.3. The predicted octanol–water partition coefficient (Wildman–Crippen LogP) is 4.40. The second-order valence-electron chi connectivity index (χ2n) is 9.32. The van der Waals surface area contributed by atoms with E-state index in [0.29, 0.717) is 13.1 Å². The maximum atomic E-state index is 12.5. The Morgan fingerprint density at radius 1 is 1.13 bits per heavy atom. The molecule has 1 fully saturated rings. The van der Waals surface area contributed by atoms with Crippen LogP contribution in [-0.4, -0.2) is 29.3 Å². The molecule has 0 bridgehead atoms. The Hall–Kier alpha value is -2.79. The first kappa shape index (κ1) is 20.5. The van der Waals surface area contributed by atoms with Gasteiger partial charge in [-0.05, 0) is 71.7 Å². The summed E-state index contributed by atoms with van der Waals surface area (Å²) in [6.07, 6.45) is 1.66. The van der Waals surface area contributed by atoms with Crippen LogP contribution in [0.2, 0.25) is 0 Å². The molecule has 1 unspecified atom stereocenters. The topological polar surface area (TPSA) is 68.4 Å². The number of benzene rings is 2. The number of β-amino-alcohol motifs (C(OH)–C–C–N with tert-alkyl or cyclic N) is 1. The highest BCUT2D eigenvalue weighted by Gasteiger charge is 2.18. The van der Waals surface area contributed by atoms with Crippen LogP contribution in [0.25, 0.3) is 10.9 Å². The smallest absolute Gasteiger partial charge is 0.253 e. The summed E-state index contributed by atoms with van der Waals surface area (Å²) in [5.74, 6) is 0. The molecule has 1 aliphatic rings. The molecule has 2 heterocycles. The summed E-state index contributed by atoms with van der Waals surface area (Å²) in [5.41, 5.74) is 4.93. The molecule has 0 aliphatic carbocycles. The van der Waals surface area contributed by atoms with Gasteiger partial charge >= 0.3 is 0 Å². The lowest BCUT2D eigenvalue weighted by atomic mass is 9.86. The minimum Gasteiger partial charge on any atom is -0.391 e. The number of aliphatic hydroxyl groups excluding tert-OH is 1. The number of rotatable bonds is 4. The molecule has 158 valence electrons. The molecule has 5 nitrogen and oxygen atoms in total. The molecule has 1 aromatic heterocycles. The van der Waals surface area contributed by atoms with E-state index in [1.165, 1.54) is 5.56 Å². The van der Waals surface area contributed by atoms with Crippen molar-refractivity contribution < 1.29 is 5.11 Å². The van der Waals surface area contributed by atoms with Crippen molar-refractivity contribution in [3.63, 3.8) is 0 Å². The monoisotopic (exact) mass is 405 g/mol. The van der Waals surface area contributed by atoms with Crippen LogP contribution in [0.1, 0.15) is 44.7 Å². The van der Waals surface area contributed by atoms with Gasteiger partial charge in [0.05, 0.1) is 6.10 Å². The van der Waals surface area contributed by atoms with Crippen molar-refractivity contribution in [1.29, 1.82) is 0 Å². The van der Waals surface area contributed by atoms with Crippen LogP contribution in [0.5, 0.6) is 0 Å². The van der Waals surface area contributed by atoms with E-state index < -0.39 is 0 Å². The second-order valence-corrected chi connectivity index (χ2v) is 9.32. The lowest BCUT2D eigenvalue weighted by Gasteiger charge is -2.32. The number of aromatic nitrogens is 1. The lowest BCUT2D eigenvalue weighted by molar-refractivity contribution is 0.154. The largest absolute Gasteiger partial charge is 0.391 e. The summed E-state index contributed by atoms with van der Waals surface area (Å²) in [7, 11) is 0. The standard InChI is InChI=1S/C25H31N3O2/c1-25(2,3)19-6-11-23-17(14-19)13-18(24(30)27-23)15-26-20-7-9-21(10-8-20)28-12-4-5-22(29)16-28/h6-11,13-14,22,26,29H,4-5,12,15-16H2,1-3H3,(H,27,30). The molecule has 1 aliphatic heterocycles. The van der Waals surface area contributed by atoms with E-state index in [1.807, 2.05) is 24.3 Å². The lowest BCUT2D eigenvalue weighted by Crippen LogP contribution is -2.38. The summed E-state index contributed by atoms with van der Waals surface area (Å²) < 4.78 is 0. The first-order valence-electron chi connectivity index (χ1n) is 10.7. The van der Waals surface area contributed by atoms with E-state index in [2.05, 4.69) is 60.2 Å². The van der Waals surface area contributed by atoms with E-state index in [4.69, 9.17) is 0 Å². The van der Waals surface area contributed by atoms with Crippen molar-refractivity contribution in [1.82, 2.24) is 4.98 Å². The van der Waals surface area contributed by atoms with Crippen molar-refractivity contribution in [2.45, 2.75) is 51.7 Å². The Balaban J connectivity index is 1.49. The zero-order valence-electron chi connectivity index (χ0n) is 18.0. The minimum atomic E-state index is -0.241. The molecule has 0 saturated carbocycles. The van der Waals surface area contributed by atoms with E-state index in [0.717, 1.165) is 47.2 Å². The summed E-state index contributed by atoms with van der Waals surface area (Å²) in [5, 5.41) is 14.3. The Morgan fingerprint density at radius 2 is 1.90 bits per heavy atom. The second kappa shape index (κ2) is 8.15. The Labute approximate surface area is 177 Å². The third-order valence-corrected chi connectivity index (χ3v) is 5.90. The van der Waals surface area contributed by atoms with Gasteiger partial charge in [0.1, 0.15) is 0 Å². The molecular weight excluding hydrogens is 374 g/mol. The van der Waals surface area contributed by atoms with Gasteiger partial charge in [-0.15, -0.1) is 0 Å². The fourth-order valence-corrected chi connectivity index (χ4v) is 4.03. The molecule has 0 radical (unpaired) electrons. The van der Waals surface area contributed by atoms with Crippen LogP contribution in [-0.2, 0) is 12.0 Å². The number of hydrogen-bond donors (Lipinski definition) is 3. The number of aromatic amines is 1. The molecule has 2 aromatic carbocycles. The maximum Gasteiger partial charge on any atom is 0.253 e. The number of hydrogen-bond acceptors (Lipinski definition) is 4. The van der Waals surface area contributed by atoms with Crippen molar-refractivity contribution >= 4 is 22.3 Å². The number of piperidine rings is 1. The van der Waals surface area contributed by atoms with Gasteiger partial charge in [0.15, 0.2) is 0 Å². The Morgan fingerprint density at radius 3 is 2.60 bits per heavy atom.